The minimum Gasteiger partial charge on any atom is -0.497 e. The van der Waals surface area contributed by atoms with Gasteiger partial charge in [0.15, 0.2) is 0 Å². The van der Waals surface area contributed by atoms with E-state index in [9.17, 15) is 13.2 Å². The number of ether oxygens (including phenoxy) is 1. The van der Waals surface area contributed by atoms with Gasteiger partial charge in [-0.05, 0) is 49.4 Å². The molecule has 0 bridgehead atoms. The van der Waals surface area contributed by atoms with Crippen molar-refractivity contribution in [3.63, 3.8) is 0 Å². The maximum atomic E-state index is 12.6. The molecule has 1 aliphatic heterocycles. The van der Waals surface area contributed by atoms with Crippen LogP contribution in [-0.4, -0.2) is 58.6 Å². The van der Waals surface area contributed by atoms with Crippen molar-refractivity contribution >= 4 is 27.3 Å². The number of carbonyl (C=O) groups is 1. The van der Waals surface area contributed by atoms with Crippen LogP contribution < -0.4 is 20.1 Å². The second-order valence-electron chi connectivity index (χ2n) is 6.96. The quantitative estimate of drug-likeness (QED) is 0.737. The largest absolute Gasteiger partial charge is 0.497 e. The van der Waals surface area contributed by atoms with Crippen molar-refractivity contribution in [2.45, 2.75) is 17.9 Å². The van der Waals surface area contributed by atoms with Crippen LogP contribution in [-0.2, 0) is 14.8 Å². The van der Waals surface area contributed by atoms with E-state index < -0.39 is 10.0 Å². The summed E-state index contributed by atoms with van der Waals surface area (Å²) in [7, 11) is -2.17. The maximum absolute atomic E-state index is 12.6. The number of amides is 1. The number of nitrogens with two attached hydrogens (primary N) is 1. The zero-order valence-corrected chi connectivity index (χ0v) is 17.4. The Morgan fingerprint density at radius 3 is 2.34 bits per heavy atom. The third-order valence-electron chi connectivity index (χ3n) is 5.11. The standard InChI is InChI=1S/C20H26N4O4S/c1-15(20(25)22-16-4-3-5-19(14-16)29(21,26)27)23-10-12-24(13-11-23)17-6-8-18(28-2)9-7-17/h3-9,14-15H,10-13H2,1-2H3,(H,22,25)(H2,21,26,27)/t15-/m1/s1. The van der Waals surface area contributed by atoms with Crippen molar-refractivity contribution in [1.29, 1.82) is 0 Å². The highest BCUT2D eigenvalue weighted by Gasteiger charge is 2.26. The van der Waals surface area contributed by atoms with Crippen molar-refractivity contribution in [1.82, 2.24) is 4.90 Å². The zero-order chi connectivity index (χ0) is 21.0. The average Bonchev–Trinajstić information content (AvgIpc) is 2.73. The Morgan fingerprint density at radius 2 is 1.76 bits per heavy atom. The number of nitrogens with one attached hydrogen (secondary N) is 1. The summed E-state index contributed by atoms with van der Waals surface area (Å²) < 4.78 is 28.2. The summed E-state index contributed by atoms with van der Waals surface area (Å²) in [5.41, 5.74) is 1.53. The molecule has 0 radical (unpaired) electrons. The number of sulfonamides is 1. The van der Waals surface area contributed by atoms with Crippen LogP contribution in [0.15, 0.2) is 53.4 Å². The first-order valence-corrected chi connectivity index (χ1v) is 10.9. The lowest BCUT2D eigenvalue weighted by Crippen LogP contribution is -2.52. The lowest BCUT2D eigenvalue weighted by atomic mass is 10.2. The van der Waals surface area contributed by atoms with Crippen LogP contribution in [0.4, 0.5) is 11.4 Å². The van der Waals surface area contributed by atoms with Gasteiger partial charge in [0.1, 0.15) is 5.75 Å². The molecule has 0 aliphatic carbocycles. The summed E-state index contributed by atoms with van der Waals surface area (Å²) >= 11 is 0. The van der Waals surface area contributed by atoms with Gasteiger partial charge in [0.2, 0.25) is 15.9 Å². The SMILES string of the molecule is COc1ccc(N2CCN([C@H](C)C(=O)Nc3cccc(S(N)(=O)=O)c3)CC2)cc1. The van der Waals surface area contributed by atoms with Gasteiger partial charge in [-0.3, -0.25) is 9.69 Å². The number of nitrogens with zero attached hydrogens (tertiary/aromatic N) is 2. The predicted molar refractivity (Wildman–Crippen MR) is 113 cm³/mol. The minimum absolute atomic E-state index is 0.0314. The molecule has 156 valence electrons. The first kappa shape index (κ1) is 21.1. The summed E-state index contributed by atoms with van der Waals surface area (Å²) in [6, 6.07) is 13.5. The van der Waals surface area contributed by atoms with Crippen LogP contribution in [0, 0.1) is 0 Å². The number of hydrogen-bond donors (Lipinski definition) is 2. The molecule has 1 fully saturated rings. The number of rotatable bonds is 6. The van der Waals surface area contributed by atoms with Crippen LogP contribution in [0.3, 0.4) is 0 Å². The van der Waals surface area contributed by atoms with Crippen molar-refractivity contribution in [3.8, 4) is 5.75 Å². The number of methoxy groups -OCH3 is 1. The van der Waals surface area contributed by atoms with E-state index >= 15 is 0 Å². The maximum Gasteiger partial charge on any atom is 0.241 e. The second kappa shape index (κ2) is 8.81. The Kier molecular flexibility index (Phi) is 6.41. The highest BCUT2D eigenvalue weighted by atomic mass is 32.2. The van der Waals surface area contributed by atoms with E-state index in [0.717, 1.165) is 37.6 Å². The average molecular weight is 419 g/mol. The first-order valence-electron chi connectivity index (χ1n) is 9.35. The summed E-state index contributed by atoms with van der Waals surface area (Å²) in [5, 5.41) is 7.93. The molecule has 29 heavy (non-hydrogen) atoms. The smallest absolute Gasteiger partial charge is 0.241 e. The van der Waals surface area contributed by atoms with E-state index in [4.69, 9.17) is 9.88 Å². The van der Waals surface area contributed by atoms with E-state index in [2.05, 4.69) is 15.1 Å². The molecule has 1 amide bonds. The number of primary sulfonamides is 1. The number of piperazine rings is 1. The Balaban J connectivity index is 1.57. The van der Waals surface area contributed by atoms with Crippen molar-refractivity contribution in [3.05, 3.63) is 48.5 Å². The molecule has 1 atom stereocenters. The molecule has 0 unspecified atom stereocenters. The van der Waals surface area contributed by atoms with Crippen molar-refractivity contribution in [2.24, 2.45) is 5.14 Å². The number of benzene rings is 2. The van der Waals surface area contributed by atoms with Gasteiger partial charge in [0, 0.05) is 37.6 Å². The minimum atomic E-state index is -3.81. The molecule has 0 spiro atoms. The Morgan fingerprint density at radius 1 is 1.10 bits per heavy atom. The van der Waals surface area contributed by atoms with Gasteiger partial charge < -0.3 is 15.0 Å². The van der Waals surface area contributed by atoms with Crippen LogP contribution in [0.1, 0.15) is 6.92 Å². The van der Waals surface area contributed by atoms with Gasteiger partial charge >= 0.3 is 0 Å². The fourth-order valence-electron chi connectivity index (χ4n) is 3.32. The monoisotopic (exact) mass is 418 g/mol. The number of hydrogen-bond acceptors (Lipinski definition) is 6. The van der Waals surface area contributed by atoms with Crippen LogP contribution >= 0.6 is 0 Å². The molecular formula is C20H26N4O4S. The Hall–Kier alpha value is -2.62. The first-order chi connectivity index (χ1) is 13.8. The highest BCUT2D eigenvalue weighted by molar-refractivity contribution is 7.89. The molecule has 0 aromatic heterocycles. The van der Waals surface area contributed by atoms with Crippen molar-refractivity contribution in [2.75, 3.05) is 43.5 Å². The van der Waals surface area contributed by atoms with Gasteiger partial charge in [-0.15, -0.1) is 0 Å². The highest BCUT2D eigenvalue weighted by Crippen LogP contribution is 2.21. The lowest BCUT2D eigenvalue weighted by Gasteiger charge is -2.38. The fraction of sp³-hybridized carbons (Fsp3) is 0.350. The molecule has 3 rings (SSSR count). The Bertz CT molecular complexity index is 955. The topological polar surface area (TPSA) is 105 Å². The van der Waals surface area contributed by atoms with Crippen LogP contribution in [0.25, 0.3) is 0 Å². The normalized spacial score (nSPS) is 16.3. The predicted octanol–water partition coefficient (Wildman–Crippen LogP) is 1.49. The van der Waals surface area contributed by atoms with E-state index in [1.807, 2.05) is 31.2 Å². The van der Waals surface area contributed by atoms with Gasteiger partial charge in [0.25, 0.3) is 0 Å². The van der Waals surface area contributed by atoms with Gasteiger partial charge in [-0.1, -0.05) is 6.07 Å². The fourth-order valence-corrected chi connectivity index (χ4v) is 3.88. The van der Waals surface area contributed by atoms with E-state index in [0.29, 0.717) is 5.69 Å². The summed E-state index contributed by atoms with van der Waals surface area (Å²) in [6.45, 7) is 4.97. The van der Waals surface area contributed by atoms with Crippen LogP contribution in [0.2, 0.25) is 0 Å². The van der Waals surface area contributed by atoms with E-state index in [-0.39, 0.29) is 16.8 Å². The van der Waals surface area contributed by atoms with E-state index in [1.165, 1.54) is 12.1 Å². The molecule has 2 aromatic rings. The second-order valence-corrected chi connectivity index (χ2v) is 8.52. The molecule has 8 nitrogen and oxygen atoms in total. The number of carbonyl (C=O) groups excluding carboxylic acids is 1. The lowest BCUT2D eigenvalue weighted by molar-refractivity contribution is -0.120. The molecule has 3 N–H and O–H groups in total. The van der Waals surface area contributed by atoms with Crippen LogP contribution in [0.5, 0.6) is 5.75 Å². The zero-order valence-electron chi connectivity index (χ0n) is 16.5. The summed E-state index contributed by atoms with van der Waals surface area (Å²) in [5.74, 6) is 0.638. The third kappa shape index (κ3) is 5.26. The van der Waals surface area contributed by atoms with Crippen molar-refractivity contribution < 1.29 is 17.9 Å². The summed E-state index contributed by atoms with van der Waals surface area (Å²) in [6.07, 6.45) is 0. The number of anilines is 2. The summed E-state index contributed by atoms with van der Waals surface area (Å²) in [4.78, 5) is 17.0. The third-order valence-corrected chi connectivity index (χ3v) is 6.02. The molecule has 2 aromatic carbocycles. The molecule has 1 aliphatic rings. The molecule has 9 heteroatoms. The Labute approximate surface area is 171 Å². The molecule has 1 saturated heterocycles. The van der Waals surface area contributed by atoms with E-state index in [1.54, 1.807) is 19.2 Å². The molecule has 0 saturated carbocycles. The van der Waals surface area contributed by atoms with Gasteiger partial charge in [-0.25, -0.2) is 13.6 Å². The molecular weight excluding hydrogens is 392 g/mol. The van der Waals surface area contributed by atoms with Gasteiger partial charge in [0.05, 0.1) is 18.0 Å². The van der Waals surface area contributed by atoms with Gasteiger partial charge in [-0.2, -0.15) is 0 Å². The molecule has 1 heterocycles.